The topological polar surface area (TPSA) is 138 Å². The van der Waals surface area contributed by atoms with Crippen LogP contribution in [0.4, 0.5) is 26.7 Å². The van der Waals surface area contributed by atoms with Crippen molar-refractivity contribution in [3.05, 3.63) is 113 Å². The van der Waals surface area contributed by atoms with Crippen LogP contribution >= 0.6 is 0 Å². The molecule has 5 atom stereocenters. The van der Waals surface area contributed by atoms with Gasteiger partial charge in [-0.3, -0.25) is 19.4 Å². The molecule has 5 heterocycles. The van der Waals surface area contributed by atoms with Crippen molar-refractivity contribution < 1.29 is 43.2 Å². The van der Waals surface area contributed by atoms with E-state index in [1.807, 2.05) is 78.9 Å². The molecule has 13 nitrogen and oxygen atoms in total. The van der Waals surface area contributed by atoms with Crippen molar-refractivity contribution in [1.29, 1.82) is 0 Å². The zero-order valence-corrected chi connectivity index (χ0v) is 35.3. The second-order valence-corrected chi connectivity index (χ2v) is 21.7. The van der Waals surface area contributed by atoms with Crippen molar-refractivity contribution >= 4 is 54.3 Å². The van der Waals surface area contributed by atoms with Gasteiger partial charge in [-0.15, -0.1) is 0 Å². The van der Waals surface area contributed by atoms with E-state index in [9.17, 15) is 19.5 Å². The van der Waals surface area contributed by atoms with Crippen molar-refractivity contribution in [1.82, 2.24) is 4.90 Å². The molecule has 3 fully saturated rings. The molecule has 4 amide bonds. The highest BCUT2D eigenvalue weighted by atomic mass is 28.3. The smallest absolute Gasteiger partial charge is 0.414 e. The van der Waals surface area contributed by atoms with E-state index in [-0.39, 0.29) is 43.5 Å². The summed E-state index contributed by atoms with van der Waals surface area (Å²) in [6, 6.07) is 28.8. The van der Waals surface area contributed by atoms with E-state index < -0.39 is 43.9 Å². The van der Waals surface area contributed by atoms with Crippen LogP contribution in [0.1, 0.15) is 35.6 Å². The lowest BCUT2D eigenvalue weighted by atomic mass is 9.82. The Kier molecular flexibility index (Phi) is 10.2. The van der Waals surface area contributed by atoms with E-state index in [0.29, 0.717) is 55.3 Å². The largest absolute Gasteiger partial charge is 0.497 e. The molecule has 0 aromatic heterocycles. The maximum atomic E-state index is 15.6. The van der Waals surface area contributed by atoms with Crippen LogP contribution in [0.3, 0.4) is 0 Å². The number of amides is 4. The first-order valence-corrected chi connectivity index (χ1v) is 23.8. The van der Waals surface area contributed by atoms with Crippen molar-refractivity contribution in [3.63, 3.8) is 0 Å². The molecule has 0 unspecified atom stereocenters. The van der Waals surface area contributed by atoms with Gasteiger partial charge >= 0.3 is 12.2 Å². The van der Waals surface area contributed by atoms with Gasteiger partial charge < -0.3 is 33.9 Å². The fourth-order valence-electron chi connectivity index (χ4n) is 10.4. The van der Waals surface area contributed by atoms with Gasteiger partial charge in [0.25, 0.3) is 5.91 Å². The summed E-state index contributed by atoms with van der Waals surface area (Å²) in [6.45, 7) is 8.35. The third-order valence-electron chi connectivity index (χ3n) is 13.5. The summed E-state index contributed by atoms with van der Waals surface area (Å²) in [4.78, 5) is 62.5. The van der Waals surface area contributed by atoms with Crippen molar-refractivity contribution in [2.45, 2.75) is 69.2 Å². The summed E-state index contributed by atoms with van der Waals surface area (Å²) in [5, 5.41) is 11.7. The number of carbonyl (C=O) groups is 4. The van der Waals surface area contributed by atoms with Crippen molar-refractivity contribution in [2.75, 3.05) is 54.7 Å². The minimum atomic E-state index is -2.63. The van der Waals surface area contributed by atoms with E-state index in [2.05, 4.69) is 32.2 Å². The number of ether oxygens (including phenoxy) is 4. The van der Waals surface area contributed by atoms with Gasteiger partial charge in [-0.1, -0.05) is 73.7 Å². The summed E-state index contributed by atoms with van der Waals surface area (Å²) in [7, 11) is -0.998. The number of carbonyl (C=O) groups excluding carboxylic acids is 4. The van der Waals surface area contributed by atoms with Gasteiger partial charge in [-0.05, 0) is 71.1 Å². The lowest BCUT2D eigenvalue weighted by Gasteiger charge is -2.39. The summed E-state index contributed by atoms with van der Waals surface area (Å²) in [6.07, 6.45) is -0.989. The molecule has 5 aliphatic rings. The molecule has 0 radical (unpaired) electrons. The normalized spacial score (nSPS) is 24.9. The molecule has 9 rings (SSSR count). The van der Waals surface area contributed by atoms with Gasteiger partial charge in [-0.2, -0.15) is 0 Å². The van der Waals surface area contributed by atoms with Crippen LogP contribution < -0.4 is 24.6 Å². The number of anilines is 3. The molecule has 0 aliphatic carbocycles. The molecule has 4 aromatic rings. The number of hydrogen-bond acceptors (Lipinski definition) is 9. The molecule has 3 saturated heterocycles. The van der Waals surface area contributed by atoms with E-state index >= 15 is 4.79 Å². The highest BCUT2D eigenvalue weighted by Crippen LogP contribution is 2.60. The van der Waals surface area contributed by atoms with Gasteiger partial charge in [0, 0.05) is 29.4 Å². The van der Waals surface area contributed by atoms with Crippen molar-refractivity contribution in [3.8, 4) is 5.75 Å². The number of aliphatic hydroxyl groups excluding tert-OH is 1. The highest BCUT2D eigenvalue weighted by Gasteiger charge is 2.66. The maximum absolute atomic E-state index is 15.6. The molecule has 5 aliphatic heterocycles. The Morgan fingerprint density at radius 1 is 0.867 bits per heavy atom. The number of methoxy groups -OCH3 is 1. The number of fused-ring (bicyclic) bond motifs is 3. The van der Waals surface area contributed by atoms with Gasteiger partial charge in [0.2, 0.25) is 5.91 Å². The Hall–Kier alpha value is -5.70. The van der Waals surface area contributed by atoms with Crippen LogP contribution in [0.5, 0.6) is 5.75 Å². The van der Waals surface area contributed by atoms with E-state index in [1.54, 1.807) is 26.7 Å². The minimum Gasteiger partial charge on any atom is -0.497 e. The average molecular weight is 831 g/mol. The number of nitrogens with zero attached hydrogens (tertiary/aromatic N) is 4. The van der Waals surface area contributed by atoms with E-state index in [1.165, 1.54) is 0 Å². The molecule has 312 valence electrons. The monoisotopic (exact) mass is 830 g/mol. The molecule has 60 heavy (non-hydrogen) atoms. The van der Waals surface area contributed by atoms with Crippen LogP contribution in [-0.4, -0.2) is 94.2 Å². The predicted octanol–water partition coefficient (Wildman–Crippen LogP) is 5.71. The highest BCUT2D eigenvalue weighted by molar-refractivity contribution is 6.91. The fraction of sp³-hybridized carbons (Fsp3) is 0.391. The third kappa shape index (κ3) is 6.52. The SMILES string of the molecule is COc1ccc([Si](C)(C)[C@H]2[C@H](CC(=O)N3Cc4ccccc4C[C@H]3CO)O[C@@]3(C(=O)N(Cc4cccc(N5CCOC5=O)c4)c4ccc(N5CCOC5=O)cc43)[C@@H]2C)cc1. The van der Waals surface area contributed by atoms with Gasteiger partial charge in [0.1, 0.15) is 19.0 Å². The summed E-state index contributed by atoms with van der Waals surface area (Å²) >= 11 is 0. The Morgan fingerprint density at radius 2 is 1.55 bits per heavy atom. The molecule has 1 spiro atoms. The molecule has 0 saturated carbocycles. The van der Waals surface area contributed by atoms with Crippen LogP contribution in [0, 0.1) is 5.92 Å². The number of cyclic esters (lactones) is 2. The first-order valence-electron chi connectivity index (χ1n) is 20.7. The third-order valence-corrected chi connectivity index (χ3v) is 17.8. The second-order valence-electron chi connectivity index (χ2n) is 17.0. The van der Waals surface area contributed by atoms with E-state index in [0.717, 1.165) is 27.6 Å². The molecule has 0 bridgehead atoms. The van der Waals surface area contributed by atoms with Crippen LogP contribution in [0.25, 0.3) is 0 Å². The molecule has 1 N–H and O–H groups in total. The number of aliphatic hydroxyl groups is 1. The molecular formula is C46H50N4O9Si. The zero-order valence-electron chi connectivity index (χ0n) is 34.3. The van der Waals surface area contributed by atoms with Crippen molar-refractivity contribution in [2.24, 2.45) is 5.92 Å². The maximum Gasteiger partial charge on any atom is 0.414 e. The van der Waals surface area contributed by atoms with Crippen LogP contribution in [0.15, 0.2) is 91.0 Å². The Bertz CT molecular complexity index is 2360. The molecule has 14 heteroatoms. The lowest BCUT2D eigenvalue weighted by molar-refractivity contribution is -0.151. The molecule has 4 aromatic carbocycles. The van der Waals surface area contributed by atoms with Crippen LogP contribution in [-0.2, 0) is 48.9 Å². The summed E-state index contributed by atoms with van der Waals surface area (Å²) in [5.41, 5.74) is 3.78. The fourth-order valence-corrected chi connectivity index (χ4v) is 14.4. The number of rotatable bonds is 10. The Labute approximate surface area is 350 Å². The summed E-state index contributed by atoms with van der Waals surface area (Å²) in [5.74, 6) is -0.0814. The first kappa shape index (κ1) is 39.7. The Morgan fingerprint density at radius 3 is 2.20 bits per heavy atom. The standard InChI is InChI=1S/C46H50N4O9Si/c1-29-42(60(3,4)37-15-13-36(56-2)14-16-37)40(25-41(52)49-27-32-10-6-5-9-31(32)23-35(49)28-51)59-46(29)38-24-34(48-19-21-58-45(48)55)12-17-39(38)50(43(46)53)26-30-8-7-11-33(22-30)47-18-20-57-44(47)54/h5-17,22,24,29,35,40,42,51H,18-21,23,25-28H2,1-4H3/t29-,35+,40+,42-,46+/m1/s1. The number of benzene rings is 4. The van der Waals surface area contributed by atoms with Gasteiger partial charge in [0.15, 0.2) is 5.60 Å². The molecular weight excluding hydrogens is 781 g/mol. The predicted molar refractivity (Wildman–Crippen MR) is 227 cm³/mol. The van der Waals surface area contributed by atoms with E-state index in [4.69, 9.17) is 18.9 Å². The zero-order chi connectivity index (χ0) is 41.9. The minimum absolute atomic E-state index is 0.0107. The Balaban J connectivity index is 1.14. The second kappa shape index (κ2) is 15.4. The quantitative estimate of drug-likeness (QED) is 0.200. The van der Waals surface area contributed by atoms with Gasteiger partial charge in [0.05, 0.1) is 65.7 Å². The first-order chi connectivity index (χ1) is 28.9. The average Bonchev–Trinajstić information content (AvgIpc) is 4.02. The summed E-state index contributed by atoms with van der Waals surface area (Å²) < 4.78 is 23.4. The van der Waals surface area contributed by atoms with Gasteiger partial charge in [-0.25, -0.2) is 9.59 Å². The van der Waals surface area contributed by atoms with Crippen LogP contribution in [0.2, 0.25) is 18.6 Å². The lowest BCUT2D eigenvalue weighted by Crippen LogP contribution is -2.52. The number of hydrogen-bond donors (Lipinski definition) is 1.